The van der Waals surface area contributed by atoms with Gasteiger partial charge in [0.2, 0.25) is 10.0 Å². The maximum atomic E-state index is 13.4. The molecular formula is C21H21IN4O5S2. The molecule has 2 aromatic carbocycles. The van der Waals surface area contributed by atoms with Gasteiger partial charge in [0, 0.05) is 15.8 Å². The topological polar surface area (TPSA) is 119 Å². The van der Waals surface area contributed by atoms with Crippen LogP contribution in [0.15, 0.2) is 41.3 Å². The molecule has 3 aromatic rings. The Kier molecular flexibility index (Phi) is 7.26. The number of amides is 1. The maximum Gasteiger partial charge on any atom is 0.324 e. The van der Waals surface area contributed by atoms with Crippen molar-refractivity contribution < 1.29 is 22.7 Å². The van der Waals surface area contributed by atoms with Gasteiger partial charge < -0.3 is 10.1 Å². The lowest BCUT2D eigenvalue weighted by Crippen LogP contribution is -2.49. The molecule has 4 rings (SSSR count). The van der Waals surface area contributed by atoms with Crippen LogP contribution in [0.2, 0.25) is 0 Å². The van der Waals surface area contributed by atoms with Crippen LogP contribution < -0.4 is 5.32 Å². The molecule has 1 aliphatic rings. The number of aromatic nitrogens is 2. The lowest BCUT2D eigenvalue weighted by atomic mass is 10.1. The number of hydrogen-bond donors (Lipinski definition) is 1. The molecule has 0 bridgehead atoms. The Labute approximate surface area is 209 Å². The molecule has 0 aliphatic carbocycles. The molecule has 1 N–H and O–H groups in total. The van der Waals surface area contributed by atoms with Gasteiger partial charge in [-0.1, -0.05) is 6.07 Å². The van der Waals surface area contributed by atoms with Gasteiger partial charge in [0.1, 0.15) is 22.0 Å². The Morgan fingerprint density at radius 3 is 2.85 bits per heavy atom. The predicted octanol–water partition coefficient (Wildman–Crippen LogP) is 3.33. The van der Waals surface area contributed by atoms with Crippen LogP contribution in [0, 0.1) is 10.5 Å². The second-order valence-electron chi connectivity index (χ2n) is 7.63. The fraction of sp³-hybridized carbons (Fsp3) is 0.333. The van der Waals surface area contributed by atoms with Crippen molar-refractivity contribution >= 4 is 72.9 Å². The average Bonchev–Trinajstić information content (AvgIpc) is 3.28. The number of carbonyl (C=O) groups excluding carboxylic acids is 2. The van der Waals surface area contributed by atoms with Gasteiger partial charge in [0.25, 0.3) is 5.91 Å². The van der Waals surface area contributed by atoms with Crippen LogP contribution in [0.3, 0.4) is 0 Å². The number of halogens is 1. The number of piperidine rings is 1. The zero-order chi connectivity index (χ0) is 23.6. The van der Waals surface area contributed by atoms with Crippen molar-refractivity contribution in [2.24, 2.45) is 0 Å². The first kappa shape index (κ1) is 24.0. The predicted molar refractivity (Wildman–Crippen MR) is 132 cm³/mol. The summed E-state index contributed by atoms with van der Waals surface area (Å²) in [7, 11) is -4.01. The fourth-order valence-electron chi connectivity index (χ4n) is 3.73. The highest BCUT2D eigenvalue weighted by Gasteiger charge is 2.39. The molecule has 9 nitrogen and oxygen atoms in total. The highest BCUT2D eigenvalue weighted by molar-refractivity contribution is 14.1. The molecule has 1 unspecified atom stereocenters. The Bertz CT molecular complexity index is 1310. The highest BCUT2D eigenvalue weighted by atomic mass is 127. The van der Waals surface area contributed by atoms with E-state index in [9.17, 15) is 18.0 Å². The molecule has 33 heavy (non-hydrogen) atoms. The van der Waals surface area contributed by atoms with E-state index in [1.165, 1.54) is 6.07 Å². The van der Waals surface area contributed by atoms with Crippen molar-refractivity contribution in [3.63, 3.8) is 0 Å². The van der Waals surface area contributed by atoms with E-state index in [1.807, 2.05) is 19.1 Å². The van der Waals surface area contributed by atoms with Crippen LogP contribution in [-0.2, 0) is 24.3 Å². The lowest BCUT2D eigenvalue weighted by molar-refractivity contribution is -0.152. The molecular weight excluding hydrogens is 579 g/mol. The van der Waals surface area contributed by atoms with Gasteiger partial charge in [-0.05, 0) is 84.7 Å². The summed E-state index contributed by atoms with van der Waals surface area (Å²) in [5.41, 5.74) is 2.28. The van der Waals surface area contributed by atoms with Crippen molar-refractivity contribution in [1.82, 2.24) is 13.1 Å². The minimum atomic E-state index is -4.01. The minimum absolute atomic E-state index is 0.0142. The standard InChI is InChI=1S/C21H21IN4O5S2/c1-13-11-14(22)8-9-15(13)23-19(27)12-31-21(28)17-6-2-3-10-26(17)33(29,30)18-7-4-5-16-20(18)25-32-24-16/h4-5,7-9,11,17H,2-3,6,10,12H2,1H3,(H,23,27). The Morgan fingerprint density at radius 2 is 2.06 bits per heavy atom. The third-order valence-corrected chi connectivity index (χ3v) is 8.52. The van der Waals surface area contributed by atoms with E-state index in [-0.39, 0.29) is 17.0 Å². The second kappa shape index (κ2) is 9.99. The first-order valence-corrected chi connectivity index (χ1v) is 13.5. The summed E-state index contributed by atoms with van der Waals surface area (Å²) in [5.74, 6) is -1.23. The Hall–Kier alpha value is -2.16. The number of nitrogens with one attached hydrogen (secondary N) is 1. The van der Waals surface area contributed by atoms with Crippen molar-refractivity contribution in [3.05, 3.63) is 45.5 Å². The third kappa shape index (κ3) is 5.18. The van der Waals surface area contributed by atoms with E-state index < -0.39 is 34.5 Å². The normalized spacial score (nSPS) is 17.1. The molecule has 12 heteroatoms. The minimum Gasteiger partial charge on any atom is -0.454 e. The number of benzene rings is 2. The van der Waals surface area contributed by atoms with E-state index >= 15 is 0 Å². The maximum absolute atomic E-state index is 13.4. The van der Waals surface area contributed by atoms with Crippen LogP contribution in [0.25, 0.3) is 11.0 Å². The quantitative estimate of drug-likeness (QED) is 0.341. The SMILES string of the molecule is Cc1cc(I)ccc1NC(=O)COC(=O)C1CCCCN1S(=O)(=O)c1cccc2nsnc12. The molecule has 174 valence electrons. The van der Waals surface area contributed by atoms with Crippen LogP contribution in [0.4, 0.5) is 5.69 Å². The molecule has 1 aliphatic heterocycles. The number of sulfonamides is 1. The van der Waals surface area contributed by atoms with Gasteiger partial charge >= 0.3 is 5.97 Å². The second-order valence-corrected chi connectivity index (χ2v) is 11.3. The van der Waals surface area contributed by atoms with E-state index in [4.69, 9.17) is 4.74 Å². The Morgan fingerprint density at radius 1 is 1.24 bits per heavy atom. The number of nitrogens with zero attached hydrogens (tertiary/aromatic N) is 3. The first-order valence-electron chi connectivity index (χ1n) is 10.2. The summed E-state index contributed by atoms with van der Waals surface area (Å²) < 4.78 is 42.5. The summed E-state index contributed by atoms with van der Waals surface area (Å²) >= 11 is 3.11. The lowest BCUT2D eigenvalue weighted by Gasteiger charge is -2.32. The number of rotatable bonds is 6. The fourth-order valence-corrected chi connectivity index (χ4v) is 6.78. The molecule has 1 amide bonds. The van der Waals surface area contributed by atoms with E-state index in [2.05, 4.69) is 36.7 Å². The Balaban J connectivity index is 1.47. The number of ether oxygens (including phenoxy) is 1. The average molecular weight is 600 g/mol. The van der Waals surface area contributed by atoms with Crippen molar-refractivity contribution in [2.75, 3.05) is 18.5 Å². The molecule has 1 saturated heterocycles. The van der Waals surface area contributed by atoms with E-state index in [1.54, 1.807) is 18.2 Å². The van der Waals surface area contributed by atoms with Crippen molar-refractivity contribution in [2.45, 2.75) is 37.1 Å². The van der Waals surface area contributed by atoms with E-state index in [0.717, 1.165) is 25.2 Å². The molecule has 1 aromatic heterocycles. The molecule has 0 saturated carbocycles. The van der Waals surface area contributed by atoms with Gasteiger partial charge in [-0.3, -0.25) is 9.59 Å². The van der Waals surface area contributed by atoms with Gasteiger partial charge in [-0.2, -0.15) is 13.1 Å². The molecule has 2 heterocycles. The zero-order valence-electron chi connectivity index (χ0n) is 17.7. The van der Waals surface area contributed by atoms with Crippen molar-refractivity contribution in [3.8, 4) is 0 Å². The number of hydrogen-bond acceptors (Lipinski definition) is 8. The number of esters is 1. The first-order chi connectivity index (χ1) is 15.8. The van der Waals surface area contributed by atoms with Gasteiger partial charge in [0.15, 0.2) is 6.61 Å². The monoisotopic (exact) mass is 600 g/mol. The number of fused-ring (bicyclic) bond motifs is 1. The molecule has 0 spiro atoms. The molecule has 1 fully saturated rings. The van der Waals surface area contributed by atoms with Gasteiger partial charge in [-0.25, -0.2) is 8.42 Å². The zero-order valence-corrected chi connectivity index (χ0v) is 21.4. The van der Waals surface area contributed by atoms with Crippen molar-refractivity contribution in [1.29, 1.82) is 0 Å². The van der Waals surface area contributed by atoms with Gasteiger partial charge in [0.05, 0.1) is 11.7 Å². The molecule has 0 radical (unpaired) electrons. The van der Waals surface area contributed by atoms with Crippen LogP contribution >= 0.6 is 34.3 Å². The van der Waals surface area contributed by atoms with Crippen LogP contribution in [0.1, 0.15) is 24.8 Å². The number of aryl methyl sites for hydroxylation is 1. The van der Waals surface area contributed by atoms with Crippen LogP contribution in [-0.4, -0.2) is 52.5 Å². The summed E-state index contributed by atoms with van der Waals surface area (Å²) in [4.78, 5) is 25.2. The smallest absolute Gasteiger partial charge is 0.324 e. The molecule has 1 atom stereocenters. The summed E-state index contributed by atoms with van der Waals surface area (Å²) in [5, 5.41) is 2.71. The number of anilines is 1. The summed E-state index contributed by atoms with van der Waals surface area (Å²) in [6.07, 6.45) is 1.63. The summed E-state index contributed by atoms with van der Waals surface area (Å²) in [6, 6.07) is 9.31. The van der Waals surface area contributed by atoms with Crippen LogP contribution in [0.5, 0.6) is 0 Å². The summed E-state index contributed by atoms with van der Waals surface area (Å²) in [6.45, 7) is 1.55. The number of carbonyl (C=O) groups is 2. The third-order valence-electron chi connectivity index (χ3n) is 5.37. The highest BCUT2D eigenvalue weighted by Crippen LogP contribution is 2.30. The largest absolute Gasteiger partial charge is 0.454 e. The van der Waals surface area contributed by atoms with Gasteiger partial charge in [-0.15, -0.1) is 0 Å². The van der Waals surface area contributed by atoms with E-state index in [0.29, 0.717) is 30.5 Å².